The Morgan fingerprint density at radius 3 is 2.00 bits per heavy atom. The molecule has 16 heavy (non-hydrogen) atoms. The minimum absolute atomic E-state index is 0.129. The van der Waals surface area contributed by atoms with Gasteiger partial charge in [-0.15, -0.1) is 0 Å². The Morgan fingerprint density at radius 2 is 1.69 bits per heavy atom. The first-order valence-electron chi connectivity index (χ1n) is 5.65. The molecule has 4 heteroatoms. The van der Waals surface area contributed by atoms with Crippen molar-refractivity contribution in [2.24, 2.45) is 5.41 Å². The zero-order valence-corrected chi connectivity index (χ0v) is 10.9. The van der Waals surface area contributed by atoms with Crippen molar-refractivity contribution >= 4 is 11.9 Å². The van der Waals surface area contributed by atoms with Gasteiger partial charge in [0.25, 0.3) is 0 Å². The third-order valence-corrected chi connectivity index (χ3v) is 2.33. The van der Waals surface area contributed by atoms with Crippen molar-refractivity contribution in [2.45, 2.75) is 59.4 Å². The van der Waals surface area contributed by atoms with Crippen molar-refractivity contribution in [3.8, 4) is 0 Å². The summed E-state index contributed by atoms with van der Waals surface area (Å²) >= 11 is 0. The minimum Gasteiger partial charge on any atom is -0.480 e. The van der Waals surface area contributed by atoms with Gasteiger partial charge in [0.05, 0.1) is 0 Å². The summed E-state index contributed by atoms with van der Waals surface area (Å²) in [6.45, 7) is 9.30. The summed E-state index contributed by atoms with van der Waals surface area (Å²) in [7, 11) is 0. The topological polar surface area (TPSA) is 66.4 Å². The highest BCUT2D eigenvalue weighted by Crippen LogP contribution is 2.20. The quantitative estimate of drug-likeness (QED) is 0.759. The number of hydrogen-bond donors (Lipinski definition) is 2. The molecule has 0 saturated carbocycles. The number of hydrogen-bond acceptors (Lipinski definition) is 2. The Balaban J connectivity index is 4.53. The third kappa shape index (κ3) is 5.14. The molecule has 0 saturated heterocycles. The molecule has 4 nitrogen and oxygen atoms in total. The van der Waals surface area contributed by atoms with E-state index in [1.807, 2.05) is 27.7 Å². The predicted molar refractivity (Wildman–Crippen MR) is 63.2 cm³/mol. The molecular formula is C12H23NO3. The van der Waals surface area contributed by atoms with Gasteiger partial charge >= 0.3 is 5.97 Å². The lowest BCUT2D eigenvalue weighted by Gasteiger charge is -2.27. The van der Waals surface area contributed by atoms with E-state index < -0.39 is 11.5 Å². The molecule has 0 aliphatic carbocycles. The van der Waals surface area contributed by atoms with Crippen LogP contribution in [0.1, 0.15) is 53.9 Å². The lowest BCUT2D eigenvalue weighted by Crippen LogP contribution is -2.52. The molecule has 0 aliphatic rings. The third-order valence-electron chi connectivity index (χ3n) is 2.33. The van der Waals surface area contributed by atoms with Crippen molar-refractivity contribution in [1.82, 2.24) is 5.32 Å². The van der Waals surface area contributed by atoms with Gasteiger partial charge in [0.15, 0.2) is 0 Å². The van der Waals surface area contributed by atoms with E-state index in [2.05, 4.69) is 5.32 Å². The molecule has 1 atom stereocenters. The molecule has 0 rings (SSSR count). The number of amides is 1. The van der Waals surface area contributed by atoms with E-state index in [1.54, 1.807) is 6.92 Å². The molecule has 0 radical (unpaired) electrons. The Bertz CT molecular complexity index is 268. The Kier molecular flexibility index (Phi) is 4.97. The second-order valence-corrected chi connectivity index (χ2v) is 5.67. The Morgan fingerprint density at radius 1 is 1.19 bits per heavy atom. The lowest BCUT2D eigenvalue weighted by atomic mass is 9.90. The highest BCUT2D eigenvalue weighted by atomic mass is 16.4. The molecule has 0 aromatic heterocycles. The Labute approximate surface area is 97.4 Å². The Hall–Kier alpha value is -1.06. The second-order valence-electron chi connectivity index (χ2n) is 5.67. The first-order valence-corrected chi connectivity index (χ1v) is 5.65. The lowest BCUT2D eigenvalue weighted by molar-refractivity contribution is -0.147. The van der Waals surface area contributed by atoms with E-state index in [4.69, 9.17) is 5.11 Å². The van der Waals surface area contributed by atoms with Crippen molar-refractivity contribution in [2.75, 3.05) is 0 Å². The van der Waals surface area contributed by atoms with Crippen LogP contribution in [0.3, 0.4) is 0 Å². The zero-order chi connectivity index (χ0) is 13.0. The van der Waals surface area contributed by atoms with Gasteiger partial charge in [-0.2, -0.15) is 0 Å². The van der Waals surface area contributed by atoms with Gasteiger partial charge in [-0.05, 0) is 18.8 Å². The molecule has 0 aliphatic heterocycles. The predicted octanol–water partition coefficient (Wildman–Crippen LogP) is 2.18. The second kappa shape index (κ2) is 5.32. The van der Waals surface area contributed by atoms with E-state index in [1.165, 1.54) is 0 Å². The zero-order valence-electron chi connectivity index (χ0n) is 10.9. The minimum atomic E-state index is -1.14. The van der Waals surface area contributed by atoms with Crippen LogP contribution in [0.25, 0.3) is 0 Å². The highest BCUT2D eigenvalue weighted by Gasteiger charge is 2.34. The average Bonchev–Trinajstić information content (AvgIpc) is 1.99. The van der Waals surface area contributed by atoms with E-state index in [9.17, 15) is 9.59 Å². The number of carboxylic acid groups (broad SMARTS) is 1. The monoisotopic (exact) mass is 229 g/mol. The van der Waals surface area contributed by atoms with Crippen LogP contribution < -0.4 is 5.32 Å². The van der Waals surface area contributed by atoms with E-state index in [0.717, 1.165) is 6.42 Å². The molecule has 2 N–H and O–H groups in total. The summed E-state index contributed by atoms with van der Waals surface area (Å²) in [6, 6.07) is 0. The summed E-state index contributed by atoms with van der Waals surface area (Å²) < 4.78 is 0. The highest BCUT2D eigenvalue weighted by molar-refractivity contribution is 5.86. The number of nitrogens with one attached hydrogen (secondary N) is 1. The van der Waals surface area contributed by atoms with E-state index in [0.29, 0.717) is 12.8 Å². The van der Waals surface area contributed by atoms with Gasteiger partial charge in [-0.3, -0.25) is 4.79 Å². The maximum atomic E-state index is 11.7. The molecule has 1 amide bonds. The van der Waals surface area contributed by atoms with Gasteiger partial charge in [0, 0.05) is 6.42 Å². The van der Waals surface area contributed by atoms with Crippen molar-refractivity contribution in [3.63, 3.8) is 0 Å². The molecule has 0 aromatic rings. The van der Waals surface area contributed by atoms with Gasteiger partial charge < -0.3 is 10.4 Å². The van der Waals surface area contributed by atoms with Gasteiger partial charge in [-0.1, -0.05) is 34.1 Å². The van der Waals surface area contributed by atoms with Gasteiger partial charge in [0.1, 0.15) is 5.54 Å². The van der Waals surface area contributed by atoms with E-state index in [-0.39, 0.29) is 11.3 Å². The van der Waals surface area contributed by atoms with Crippen LogP contribution in [0.15, 0.2) is 0 Å². The molecule has 94 valence electrons. The van der Waals surface area contributed by atoms with Crippen LogP contribution in [0.4, 0.5) is 0 Å². The number of carbonyl (C=O) groups excluding carboxylic acids is 1. The fraction of sp³-hybridized carbons (Fsp3) is 0.833. The van der Waals surface area contributed by atoms with Gasteiger partial charge in [0.2, 0.25) is 5.91 Å². The van der Waals surface area contributed by atoms with Crippen molar-refractivity contribution < 1.29 is 14.7 Å². The normalized spacial score (nSPS) is 15.3. The molecule has 0 unspecified atom stereocenters. The van der Waals surface area contributed by atoms with Crippen LogP contribution in [-0.4, -0.2) is 22.5 Å². The molecular weight excluding hydrogens is 206 g/mol. The summed E-state index contributed by atoms with van der Waals surface area (Å²) in [5.41, 5.74) is -1.27. The smallest absolute Gasteiger partial charge is 0.329 e. The molecule has 0 bridgehead atoms. The first kappa shape index (κ1) is 14.9. The van der Waals surface area contributed by atoms with E-state index >= 15 is 0 Å². The fourth-order valence-electron chi connectivity index (χ4n) is 1.56. The number of carbonyl (C=O) groups is 2. The molecule has 0 aromatic carbocycles. The van der Waals surface area contributed by atoms with Crippen LogP contribution >= 0.6 is 0 Å². The maximum Gasteiger partial charge on any atom is 0.329 e. The van der Waals surface area contributed by atoms with Crippen molar-refractivity contribution in [1.29, 1.82) is 0 Å². The summed E-state index contributed by atoms with van der Waals surface area (Å²) in [5, 5.41) is 11.7. The standard InChI is InChI=1S/C12H23NO3/c1-6-7-12(5,10(15)16)13-9(14)8-11(2,3)4/h6-8H2,1-5H3,(H,13,14)(H,15,16)/t12-/m1/s1. The van der Waals surface area contributed by atoms with Crippen LogP contribution in [-0.2, 0) is 9.59 Å². The van der Waals surface area contributed by atoms with Crippen LogP contribution in [0.5, 0.6) is 0 Å². The number of carboxylic acids is 1. The number of rotatable bonds is 5. The van der Waals surface area contributed by atoms with Crippen molar-refractivity contribution in [3.05, 3.63) is 0 Å². The summed E-state index contributed by atoms with van der Waals surface area (Å²) in [4.78, 5) is 22.8. The number of aliphatic carboxylic acids is 1. The molecule has 0 fully saturated rings. The van der Waals surface area contributed by atoms with Crippen LogP contribution in [0.2, 0.25) is 0 Å². The molecule has 0 spiro atoms. The summed E-state index contributed by atoms with van der Waals surface area (Å²) in [6.07, 6.45) is 1.50. The van der Waals surface area contributed by atoms with Crippen LogP contribution in [0, 0.1) is 5.41 Å². The SMILES string of the molecule is CCC[C@@](C)(NC(=O)CC(C)(C)C)C(=O)O. The molecule has 0 heterocycles. The summed E-state index contributed by atoms with van der Waals surface area (Å²) in [5.74, 6) is -1.18. The average molecular weight is 229 g/mol. The largest absolute Gasteiger partial charge is 0.480 e. The first-order chi connectivity index (χ1) is 7.10. The maximum absolute atomic E-state index is 11.7. The fourth-order valence-corrected chi connectivity index (χ4v) is 1.56. The van der Waals surface area contributed by atoms with Gasteiger partial charge in [-0.25, -0.2) is 4.79 Å².